The van der Waals surface area contributed by atoms with Crippen molar-refractivity contribution in [2.45, 2.75) is 6.92 Å². The highest BCUT2D eigenvalue weighted by Crippen LogP contribution is 2.01. The number of rotatable bonds is 0. The SMILES string of the molecule is Cc1c[nH]c2ccnn12. The van der Waals surface area contributed by atoms with E-state index in [1.165, 1.54) is 0 Å². The van der Waals surface area contributed by atoms with E-state index in [-0.39, 0.29) is 0 Å². The van der Waals surface area contributed by atoms with E-state index in [0.29, 0.717) is 0 Å². The molecule has 2 heterocycles. The fraction of sp³-hybridized carbons (Fsp3) is 0.167. The van der Waals surface area contributed by atoms with E-state index in [1.54, 1.807) is 6.20 Å². The second-order valence-electron chi connectivity index (χ2n) is 2.06. The van der Waals surface area contributed by atoms with Gasteiger partial charge in [-0.25, -0.2) is 4.52 Å². The van der Waals surface area contributed by atoms with Gasteiger partial charge < -0.3 is 4.98 Å². The average Bonchev–Trinajstić information content (AvgIpc) is 2.35. The number of hydrogen-bond donors (Lipinski definition) is 1. The summed E-state index contributed by atoms with van der Waals surface area (Å²) >= 11 is 0. The van der Waals surface area contributed by atoms with Crippen LogP contribution in [0.3, 0.4) is 0 Å². The predicted molar refractivity (Wildman–Crippen MR) is 34.3 cm³/mol. The monoisotopic (exact) mass is 121 g/mol. The minimum Gasteiger partial charge on any atom is -0.345 e. The number of imidazole rings is 1. The number of aryl methyl sites for hydroxylation is 1. The Hall–Kier alpha value is -1.25. The Kier molecular flexibility index (Phi) is 0.704. The number of aromatic nitrogens is 3. The molecule has 0 amide bonds. The predicted octanol–water partition coefficient (Wildman–Crippen LogP) is 0.971. The molecule has 2 rings (SSSR count). The maximum atomic E-state index is 4.06. The molecule has 0 bridgehead atoms. The summed E-state index contributed by atoms with van der Waals surface area (Å²) < 4.78 is 1.86. The van der Waals surface area contributed by atoms with Gasteiger partial charge in [-0.05, 0) is 6.92 Å². The van der Waals surface area contributed by atoms with Crippen LogP contribution in [0.2, 0.25) is 0 Å². The normalized spacial score (nSPS) is 10.8. The molecule has 46 valence electrons. The van der Waals surface area contributed by atoms with Crippen LogP contribution in [0.4, 0.5) is 0 Å². The molecule has 0 aromatic carbocycles. The number of aromatic amines is 1. The Morgan fingerprint density at radius 1 is 1.67 bits per heavy atom. The second kappa shape index (κ2) is 1.37. The van der Waals surface area contributed by atoms with Crippen molar-refractivity contribution in [3.05, 3.63) is 24.2 Å². The van der Waals surface area contributed by atoms with Gasteiger partial charge in [0.25, 0.3) is 0 Å². The molecule has 1 N–H and O–H groups in total. The average molecular weight is 121 g/mol. The molecule has 3 heteroatoms. The number of H-pyrrole nitrogens is 1. The van der Waals surface area contributed by atoms with E-state index in [0.717, 1.165) is 11.3 Å². The summed E-state index contributed by atoms with van der Waals surface area (Å²) in [6, 6.07) is 1.94. The van der Waals surface area contributed by atoms with Crippen LogP contribution in [0.5, 0.6) is 0 Å². The molecule has 0 atom stereocenters. The molecule has 0 aliphatic rings. The van der Waals surface area contributed by atoms with Gasteiger partial charge in [0.2, 0.25) is 0 Å². The van der Waals surface area contributed by atoms with Gasteiger partial charge in [-0.15, -0.1) is 0 Å². The number of nitrogens with zero attached hydrogens (tertiary/aromatic N) is 2. The Labute approximate surface area is 52.3 Å². The van der Waals surface area contributed by atoms with E-state index in [9.17, 15) is 0 Å². The highest BCUT2D eigenvalue weighted by Gasteiger charge is 1.94. The standard InChI is InChI=1S/C6H7N3/c1-5-4-7-6-2-3-8-9(5)6/h2-4,7H,1H3. The molecule has 0 saturated carbocycles. The first kappa shape index (κ1) is 4.61. The Morgan fingerprint density at radius 2 is 2.56 bits per heavy atom. The van der Waals surface area contributed by atoms with Gasteiger partial charge in [-0.2, -0.15) is 5.10 Å². The van der Waals surface area contributed by atoms with Crippen LogP contribution in [0, 0.1) is 6.92 Å². The third-order valence-electron chi connectivity index (χ3n) is 1.41. The molecule has 0 aliphatic heterocycles. The maximum absolute atomic E-state index is 4.06. The summed E-state index contributed by atoms with van der Waals surface area (Å²) in [6.45, 7) is 2.01. The zero-order valence-corrected chi connectivity index (χ0v) is 5.13. The van der Waals surface area contributed by atoms with Crippen molar-refractivity contribution >= 4 is 5.65 Å². The van der Waals surface area contributed by atoms with E-state index in [4.69, 9.17) is 0 Å². The quantitative estimate of drug-likeness (QED) is 0.553. The molecular weight excluding hydrogens is 114 g/mol. The van der Waals surface area contributed by atoms with E-state index in [2.05, 4.69) is 10.1 Å². The van der Waals surface area contributed by atoms with E-state index in [1.807, 2.05) is 23.7 Å². The van der Waals surface area contributed by atoms with Crippen molar-refractivity contribution in [1.82, 2.24) is 14.6 Å². The molecule has 0 fully saturated rings. The lowest BCUT2D eigenvalue weighted by molar-refractivity contribution is 0.931. The molecule has 0 spiro atoms. The number of hydrogen-bond acceptors (Lipinski definition) is 1. The van der Waals surface area contributed by atoms with Crippen LogP contribution in [0.25, 0.3) is 5.65 Å². The molecule has 0 aliphatic carbocycles. The van der Waals surface area contributed by atoms with Crippen LogP contribution in [0.15, 0.2) is 18.5 Å². The summed E-state index contributed by atoms with van der Waals surface area (Å²) in [5.74, 6) is 0. The van der Waals surface area contributed by atoms with Gasteiger partial charge in [0.1, 0.15) is 5.65 Å². The maximum Gasteiger partial charge on any atom is 0.133 e. The van der Waals surface area contributed by atoms with Crippen molar-refractivity contribution < 1.29 is 0 Å². The molecule has 3 nitrogen and oxygen atoms in total. The molecular formula is C6H7N3. The number of nitrogens with one attached hydrogen (secondary N) is 1. The molecule has 9 heavy (non-hydrogen) atoms. The Bertz CT molecular complexity index is 317. The van der Waals surface area contributed by atoms with Crippen LogP contribution in [-0.2, 0) is 0 Å². The van der Waals surface area contributed by atoms with Crippen LogP contribution < -0.4 is 0 Å². The molecule has 0 radical (unpaired) electrons. The van der Waals surface area contributed by atoms with Crippen LogP contribution in [-0.4, -0.2) is 14.6 Å². The summed E-state index contributed by atoms with van der Waals surface area (Å²) in [5.41, 5.74) is 2.18. The first-order valence-electron chi connectivity index (χ1n) is 2.85. The summed E-state index contributed by atoms with van der Waals surface area (Å²) in [7, 11) is 0. The third-order valence-corrected chi connectivity index (χ3v) is 1.41. The summed E-state index contributed by atoms with van der Waals surface area (Å²) in [6.07, 6.45) is 3.71. The lowest BCUT2D eigenvalue weighted by atomic mass is 10.6. The van der Waals surface area contributed by atoms with Gasteiger partial charge >= 0.3 is 0 Å². The molecule has 0 unspecified atom stereocenters. The van der Waals surface area contributed by atoms with Gasteiger partial charge in [-0.1, -0.05) is 0 Å². The lowest BCUT2D eigenvalue weighted by Crippen LogP contribution is -1.83. The van der Waals surface area contributed by atoms with Crippen molar-refractivity contribution in [3.63, 3.8) is 0 Å². The Balaban J connectivity index is 2.99. The molecule has 2 aromatic heterocycles. The highest BCUT2D eigenvalue weighted by atomic mass is 15.3. The zero-order valence-electron chi connectivity index (χ0n) is 5.13. The summed E-state index contributed by atoms with van der Waals surface area (Å²) in [5, 5.41) is 4.06. The van der Waals surface area contributed by atoms with Gasteiger partial charge in [0.15, 0.2) is 0 Å². The van der Waals surface area contributed by atoms with Gasteiger partial charge in [0.05, 0.1) is 11.9 Å². The van der Waals surface area contributed by atoms with Gasteiger partial charge in [-0.3, -0.25) is 0 Å². The smallest absolute Gasteiger partial charge is 0.133 e. The lowest BCUT2D eigenvalue weighted by Gasteiger charge is -1.81. The minimum atomic E-state index is 1.05. The number of fused-ring (bicyclic) bond motifs is 1. The van der Waals surface area contributed by atoms with Crippen molar-refractivity contribution in [2.24, 2.45) is 0 Å². The van der Waals surface area contributed by atoms with E-state index >= 15 is 0 Å². The highest BCUT2D eigenvalue weighted by molar-refractivity contribution is 5.37. The summed E-state index contributed by atoms with van der Waals surface area (Å²) in [4.78, 5) is 3.07. The fourth-order valence-corrected chi connectivity index (χ4v) is 0.933. The topological polar surface area (TPSA) is 33.1 Å². The third kappa shape index (κ3) is 0.483. The molecule has 0 saturated heterocycles. The minimum absolute atomic E-state index is 1.05. The Morgan fingerprint density at radius 3 is 3.33 bits per heavy atom. The van der Waals surface area contributed by atoms with Crippen molar-refractivity contribution in [3.8, 4) is 0 Å². The van der Waals surface area contributed by atoms with E-state index < -0.39 is 0 Å². The van der Waals surface area contributed by atoms with Gasteiger partial charge in [0, 0.05) is 12.3 Å². The second-order valence-corrected chi connectivity index (χ2v) is 2.06. The van der Waals surface area contributed by atoms with Crippen LogP contribution in [0.1, 0.15) is 5.69 Å². The largest absolute Gasteiger partial charge is 0.345 e. The fourth-order valence-electron chi connectivity index (χ4n) is 0.933. The van der Waals surface area contributed by atoms with Crippen LogP contribution >= 0.6 is 0 Å². The first-order valence-corrected chi connectivity index (χ1v) is 2.85. The zero-order chi connectivity index (χ0) is 6.27. The first-order chi connectivity index (χ1) is 4.38. The van der Waals surface area contributed by atoms with Crippen molar-refractivity contribution in [2.75, 3.05) is 0 Å². The van der Waals surface area contributed by atoms with Crippen molar-refractivity contribution in [1.29, 1.82) is 0 Å². The molecule has 2 aromatic rings.